The topological polar surface area (TPSA) is 42.0 Å². The molecule has 5 rings (SSSR count). The van der Waals surface area contributed by atoms with Crippen LogP contribution in [-0.4, -0.2) is 40.3 Å². The molecule has 5 heteroatoms. The number of hydrogen-bond donors (Lipinski definition) is 0. The molecule has 0 bridgehead atoms. The largest absolute Gasteiger partial charge is 0.509 e. The van der Waals surface area contributed by atoms with Crippen molar-refractivity contribution in [3.05, 3.63) is 108 Å². The van der Waals surface area contributed by atoms with Crippen molar-refractivity contribution in [3.8, 4) is 0 Å². The van der Waals surface area contributed by atoms with E-state index >= 15 is 0 Å². The van der Waals surface area contributed by atoms with Crippen LogP contribution in [0.5, 0.6) is 0 Å². The lowest BCUT2D eigenvalue weighted by molar-refractivity contribution is -0.146. The van der Waals surface area contributed by atoms with Crippen molar-refractivity contribution < 1.29 is 14.3 Å². The molecule has 2 heterocycles. The number of nitrogens with zero attached hydrogens (tertiary/aromatic N) is 2. The van der Waals surface area contributed by atoms with E-state index in [9.17, 15) is 4.79 Å². The maximum atomic E-state index is 12.9. The Morgan fingerprint density at radius 2 is 1.03 bits per heavy atom. The number of carbonyl (C=O) groups is 1. The number of benzene rings is 3. The summed E-state index contributed by atoms with van der Waals surface area (Å²) in [6.07, 6.45) is -1.44. The number of carbonyl (C=O) groups excluding carboxylic acids is 1. The molecule has 0 saturated carbocycles. The van der Waals surface area contributed by atoms with Crippen molar-refractivity contribution in [1.29, 1.82) is 0 Å². The lowest BCUT2D eigenvalue weighted by Crippen LogP contribution is -2.57. The fraction of sp³-hybridized carbons (Fsp3) is 0.406. The van der Waals surface area contributed by atoms with Gasteiger partial charge in [-0.25, -0.2) is 4.79 Å². The van der Waals surface area contributed by atoms with Gasteiger partial charge in [0.1, 0.15) is 18.4 Å². The number of rotatable bonds is 6. The molecule has 3 aromatic carbocycles. The van der Waals surface area contributed by atoms with Gasteiger partial charge in [0.2, 0.25) is 0 Å². The molecule has 5 atom stereocenters. The van der Waals surface area contributed by atoms with Gasteiger partial charge < -0.3 is 9.47 Å². The van der Waals surface area contributed by atoms with Gasteiger partial charge >= 0.3 is 6.16 Å². The fourth-order valence-electron chi connectivity index (χ4n) is 6.39. The highest BCUT2D eigenvalue weighted by molar-refractivity contribution is 5.62. The van der Waals surface area contributed by atoms with Crippen LogP contribution in [0.4, 0.5) is 4.79 Å². The van der Waals surface area contributed by atoms with Crippen LogP contribution in [0, 0.1) is 5.92 Å². The molecule has 0 aromatic heterocycles. The zero-order valence-corrected chi connectivity index (χ0v) is 22.4. The summed E-state index contributed by atoms with van der Waals surface area (Å²) in [7, 11) is 0. The molecule has 2 fully saturated rings. The van der Waals surface area contributed by atoms with Gasteiger partial charge in [-0.2, -0.15) is 0 Å². The minimum atomic E-state index is -0.594. The Hall–Kier alpha value is -3.15. The predicted octanol–water partition coefficient (Wildman–Crippen LogP) is 7.14. The molecule has 2 aliphatic heterocycles. The van der Waals surface area contributed by atoms with Crippen LogP contribution >= 0.6 is 0 Å². The van der Waals surface area contributed by atoms with E-state index < -0.39 is 6.16 Å². The smallest absolute Gasteiger partial charge is 0.427 e. The molecule has 194 valence electrons. The van der Waals surface area contributed by atoms with E-state index in [1.54, 1.807) is 0 Å². The second kappa shape index (κ2) is 10.7. The molecule has 0 amide bonds. The Balaban J connectivity index is 1.66. The molecule has 0 unspecified atom stereocenters. The highest BCUT2D eigenvalue weighted by atomic mass is 16.7. The molecule has 3 aromatic rings. The first-order valence-corrected chi connectivity index (χ1v) is 13.5. The second-order valence-corrected chi connectivity index (χ2v) is 10.8. The van der Waals surface area contributed by atoms with Crippen molar-refractivity contribution in [3.63, 3.8) is 0 Å². The van der Waals surface area contributed by atoms with Crippen LogP contribution < -0.4 is 0 Å². The van der Waals surface area contributed by atoms with Gasteiger partial charge in [0.05, 0.1) is 12.1 Å². The summed E-state index contributed by atoms with van der Waals surface area (Å²) in [5, 5.41) is 0. The zero-order valence-electron chi connectivity index (χ0n) is 22.4. The van der Waals surface area contributed by atoms with Gasteiger partial charge in [0, 0.05) is 18.0 Å². The third kappa shape index (κ3) is 4.78. The Labute approximate surface area is 221 Å². The van der Waals surface area contributed by atoms with E-state index in [0.29, 0.717) is 0 Å². The number of hydrogen-bond acceptors (Lipinski definition) is 5. The van der Waals surface area contributed by atoms with Crippen LogP contribution in [0.15, 0.2) is 91.0 Å². The molecule has 0 radical (unpaired) electrons. The first-order valence-electron chi connectivity index (χ1n) is 13.5. The second-order valence-electron chi connectivity index (χ2n) is 10.8. The van der Waals surface area contributed by atoms with E-state index in [4.69, 9.17) is 9.47 Å². The molecule has 0 aliphatic carbocycles. The van der Waals surface area contributed by atoms with Crippen LogP contribution in [-0.2, 0) is 9.47 Å². The molecule has 2 saturated heterocycles. The number of cyclic esters (lactones) is 2. The summed E-state index contributed by atoms with van der Waals surface area (Å²) in [5.74, 6) is -0.0430. The van der Waals surface area contributed by atoms with E-state index in [1.165, 1.54) is 11.1 Å². The normalized spacial score (nSPS) is 27.4. The average Bonchev–Trinajstić information content (AvgIpc) is 3.28. The quantitative estimate of drug-likeness (QED) is 0.338. The highest BCUT2D eigenvalue weighted by Gasteiger charge is 2.57. The maximum Gasteiger partial charge on any atom is 0.509 e. The van der Waals surface area contributed by atoms with Crippen molar-refractivity contribution in [2.45, 2.75) is 77.2 Å². The monoisotopic (exact) mass is 498 g/mol. The summed E-state index contributed by atoms with van der Waals surface area (Å²) in [5.41, 5.74) is 3.54. The Morgan fingerprint density at radius 1 is 0.622 bits per heavy atom. The van der Waals surface area contributed by atoms with E-state index in [0.717, 1.165) is 5.56 Å². The van der Waals surface area contributed by atoms with E-state index in [2.05, 4.69) is 105 Å². The van der Waals surface area contributed by atoms with Crippen molar-refractivity contribution in [2.24, 2.45) is 5.92 Å². The first-order chi connectivity index (χ1) is 17.9. The van der Waals surface area contributed by atoms with Gasteiger partial charge in [-0.15, -0.1) is 0 Å². The van der Waals surface area contributed by atoms with Crippen molar-refractivity contribution in [1.82, 2.24) is 9.80 Å². The maximum absolute atomic E-state index is 12.9. The summed E-state index contributed by atoms with van der Waals surface area (Å²) in [6.45, 7) is 11.1. The molecule has 0 spiro atoms. The van der Waals surface area contributed by atoms with Gasteiger partial charge in [-0.1, -0.05) is 97.9 Å². The SMILES string of the molecule is CC(C)N1C([C@@H]2OC(=O)O[C@H](c3ccccc3)[C@@H]2C)N(C(C)C)[C@H](c2ccccc2)[C@H]1c1ccccc1. The predicted molar refractivity (Wildman–Crippen MR) is 146 cm³/mol. The lowest BCUT2D eigenvalue weighted by Gasteiger charge is -2.46. The standard InChI is InChI=1S/C32H38N2O3/c1-21(2)33-27(24-15-9-6-10-16-24)28(25-17-11-7-12-18-25)34(22(3)4)31(33)30-23(5)29(36-32(35)37-30)26-19-13-8-14-20-26/h6-23,27-31H,1-5H3/t23-,27+,28+,29-,30+/m0/s1. The summed E-state index contributed by atoms with van der Waals surface area (Å²) in [4.78, 5) is 18.1. The zero-order chi connectivity index (χ0) is 26.1. The summed E-state index contributed by atoms with van der Waals surface area (Å²) >= 11 is 0. The molecule has 0 N–H and O–H groups in total. The Kier molecular flexibility index (Phi) is 7.36. The minimum absolute atomic E-state index is 0.0430. The van der Waals surface area contributed by atoms with Gasteiger partial charge in [0.25, 0.3) is 0 Å². The Bertz CT molecular complexity index is 1110. The Morgan fingerprint density at radius 3 is 1.43 bits per heavy atom. The third-order valence-electron chi connectivity index (χ3n) is 7.90. The highest BCUT2D eigenvalue weighted by Crippen LogP contribution is 2.52. The van der Waals surface area contributed by atoms with Crippen molar-refractivity contribution in [2.75, 3.05) is 0 Å². The van der Waals surface area contributed by atoms with E-state index in [-0.39, 0.29) is 48.5 Å². The third-order valence-corrected chi connectivity index (χ3v) is 7.90. The summed E-state index contributed by atoms with van der Waals surface area (Å²) in [6, 6.07) is 32.2. The fourth-order valence-corrected chi connectivity index (χ4v) is 6.39. The van der Waals surface area contributed by atoms with Crippen LogP contribution in [0.3, 0.4) is 0 Å². The van der Waals surface area contributed by atoms with Gasteiger partial charge in [0.15, 0.2) is 0 Å². The molecule has 37 heavy (non-hydrogen) atoms. The van der Waals surface area contributed by atoms with Gasteiger partial charge in [-0.05, 0) is 44.4 Å². The first kappa shape index (κ1) is 25.5. The molecular formula is C32H38N2O3. The van der Waals surface area contributed by atoms with E-state index in [1.807, 2.05) is 30.3 Å². The summed E-state index contributed by atoms with van der Waals surface area (Å²) < 4.78 is 11.9. The van der Waals surface area contributed by atoms with Gasteiger partial charge in [-0.3, -0.25) is 9.80 Å². The van der Waals surface area contributed by atoms with Crippen LogP contribution in [0.1, 0.15) is 69.5 Å². The lowest BCUT2D eigenvalue weighted by atomic mass is 9.89. The van der Waals surface area contributed by atoms with Crippen LogP contribution in [0.25, 0.3) is 0 Å². The average molecular weight is 499 g/mol. The molecular weight excluding hydrogens is 460 g/mol. The molecule has 2 aliphatic rings. The molecule has 5 nitrogen and oxygen atoms in total. The van der Waals surface area contributed by atoms with Crippen molar-refractivity contribution >= 4 is 6.16 Å². The minimum Gasteiger partial charge on any atom is -0.427 e. The number of ether oxygens (including phenoxy) is 2. The van der Waals surface area contributed by atoms with Crippen LogP contribution in [0.2, 0.25) is 0 Å².